The molecule has 0 radical (unpaired) electrons. The number of carbonyl (C=O) groups is 2. The normalized spacial score (nSPS) is 16.2. The molecule has 1 fully saturated rings. The monoisotopic (exact) mass is 399 g/mol. The van der Waals surface area contributed by atoms with Crippen molar-refractivity contribution in [3.05, 3.63) is 59.9 Å². The number of phenols is 1. The first kappa shape index (κ1) is 20.8. The van der Waals surface area contributed by atoms with E-state index < -0.39 is 0 Å². The van der Waals surface area contributed by atoms with Gasteiger partial charge in [-0.15, -0.1) is 0 Å². The summed E-state index contributed by atoms with van der Waals surface area (Å²) >= 11 is 0. The average Bonchev–Trinajstić information content (AvgIpc) is 2.74. The Morgan fingerprint density at radius 3 is 2.45 bits per heavy atom. The lowest BCUT2D eigenvalue weighted by atomic mass is 9.94. The molecule has 0 spiro atoms. The Hall–Kier alpha value is -2.93. The molecular weight excluding hydrogens is 373 g/mol. The first-order valence-electron chi connectivity index (χ1n) is 9.79. The highest BCUT2D eigenvalue weighted by Crippen LogP contribution is 2.25. The standard InChI is InChI=1S/C22H26FN3O3/c1-15(21(28)24-14-16-6-8-18(23)9-7-16)26-12-10-17(11-13-26)22(29)25-19-4-2-3-5-20(19)27/h2-9,15,17,27H,10-14H2,1H3,(H,24,28)(H,25,29)/t15-/m0/s1. The van der Waals surface area contributed by atoms with Crippen molar-refractivity contribution in [3.63, 3.8) is 0 Å². The highest BCUT2D eigenvalue weighted by Gasteiger charge is 2.29. The number of para-hydroxylation sites is 2. The molecule has 3 N–H and O–H groups in total. The van der Waals surface area contributed by atoms with Gasteiger partial charge in [0.15, 0.2) is 0 Å². The van der Waals surface area contributed by atoms with E-state index in [4.69, 9.17) is 0 Å². The topological polar surface area (TPSA) is 81.7 Å². The molecule has 29 heavy (non-hydrogen) atoms. The van der Waals surface area contributed by atoms with Crippen LogP contribution in [0.15, 0.2) is 48.5 Å². The molecule has 1 saturated heterocycles. The molecule has 3 rings (SSSR count). The lowest BCUT2D eigenvalue weighted by Crippen LogP contribution is -2.49. The molecule has 2 amide bonds. The fourth-order valence-corrected chi connectivity index (χ4v) is 3.47. The Bertz CT molecular complexity index is 849. The van der Waals surface area contributed by atoms with E-state index in [1.54, 1.807) is 30.3 Å². The van der Waals surface area contributed by atoms with E-state index in [-0.39, 0.29) is 35.3 Å². The van der Waals surface area contributed by atoms with Gasteiger partial charge >= 0.3 is 0 Å². The quantitative estimate of drug-likeness (QED) is 0.653. The van der Waals surface area contributed by atoms with Crippen LogP contribution in [-0.2, 0) is 16.1 Å². The van der Waals surface area contributed by atoms with Crippen LogP contribution in [0.2, 0.25) is 0 Å². The number of aromatic hydroxyl groups is 1. The van der Waals surface area contributed by atoms with Gasteiger partial charge in [-0.1, -0.05) is 24.3 Å². The largest absolute Gasteiger partial charge is 0.506 e. The number of halogens is 1. The van der Waals surface area contributed by atoms with Crippen molar-refractivity contribution in [3.8, 4) is 5.75 Å². The van der Waals surface area contributed by atoms with Crippen LogP contribution >= 0.6 is 0 Å². The highest BCUT2D eigenvalue weighted by molar-refractivity contribution is 5.94. The zero-order valence-corrected chi connectivity index (χ0v) is 16.4. The van der Waals surface area contributed by atoms with E-state index in [1.165, 1.54) is 18.2 Å². The third kappa shape index (κ3) is 5.54. The number of anilines is 1. The Balaban J connectivity index is 1.45. The molecule has 1 aliphatic heterocycles. The summed E-state index contributed by atoms with van der Waals surface area (Å²) in [6.07, 6.45) is 1.30. The van der Waals surface area contributed by atoms with Crippen molar-refractivity contribution in [2.45, 2.75) is 32.4 Å². The molecule has 0 unspecified atom stereocenters. The SMILES string of the molecule is C[C@@H](C(=O)NCc1ccc(F)cc1)N1CCC(C(=O)Nc2ccccc2O)CC1. The van der Waals surface area contributed by atoms with Crippen molar-refractivity contribution in [2.75, 3.05) is 18.4 Å². The number of piperidine rings is 1. The number of amides is 2. The summed E-state index contributed by atoms with van der Waals surface area (Å²) < 4.78 is 13.0. The van der Waals surface area contributed by atoms with Crippen LogP contribution in [0, 0.1) is 11.7 Å². The maximum Gasteiger partial charge on any atom is 0.237 e. The predicted octanol–water partition coefficient (Wildman–Crippen LogP) is 2.89. The third-order valence-electron chi connectivity index (χ3n) is 5.37. The van der Waals surface area contributed by atoms with Gasteiger partial charge < -0.3 is 15.7 Å². The molecule has 6 nitrogen and oxygen atoms in total. The fraction of sp³-hybridized carbons (Fsp3) is 0.364. The zero-order valence-electron chi connectivity index (χ0n) is 16.4. The second-order valence-corrected chi connectivity index (χ2v) is 7.34. The number of phenolic OH excluding ortho intramolecular Hbond substituents is 1. The molecule has 0 aromatic heterocycles. The number of hydrogen-bond donors (Lipinski definition) is 3. The second-order valence-electron chi connectivity index (χ2n) is 7.34. The second kappa shape index (κ2) is 9.52. The van der Waals surface area contributed by atoms with E-state index in [2.05, 4.69) is 15.5 Å². The summed E-state index contributed by atoms with van der Waals surface area (Å²) in [5.74, 6) is -0.612. The minimum Gasteiger partial charge on any atom is -0.506 e. The molecule has 2 aromatic carbocycles. The van der Waals surface area contributed by atoms with Crippen molar-refractivity contribution >= 4 is 17.5 Å². The zero-order chi connectivity index (χ0) is 20.8. The Labute approximate surface area is 169 Å². The number of rotatable bonds is 6. The van der Waals surface area contributed by atoms with Gasteiger partial charge in [-0.2, -0.15) is 0 Å². The maximum atomic E-state index is 13.0. The van der Waals surface area contributed by atoms with E-state index in [9.17, 15) is 19.1 Å². The van der Waals surface area contributed by atoms with Crippen LogP contribution < -0.4 is 10.6 Å². The van der Waals surface area contributed by atoms with Gasteiger partial charge in [0, 0.05) is 12.5 Å². The number of likely N-dealkylation sites (tertiary alicyclic amines) is 1. The van der Waals surface area contributed by atoms with Crippen LogP contribution in [-0.4, -0.2) is 41.0 Å². The maximum absolute atomic E-state index is 13.0. The summed E-state index contributed by atoms with van der Waals surface area (Å²) in [7, 11) is 0. The van der Waals surface area contributed by atoms with Gasteiger partial charge in [0.05, 0.1) is 11.7 Å². The Kier molecular flexibility index (Phi) is 6.82. The smallest absolute Gasteiger partial charge is 0.237 e. The fourth-order valence-electron chi connectivity index (χ4n) is 3.47. The van der Waals surface area contributed by atoms with Gasteiger partial charge in [0.1, 0.15) is 11.6 Å². The molecule has 1 atom stereocenters. The number of carbonyl (C=O) groups excluding carboxylic acids is 2. The summed E-state index contributed by atoms with van der Waals surface area (Å²) in [5.41, 5.74) is 1.25. The number of nitrogens with zero attached hydrogens (tertiary/aromatic N) is 1. The van der Waals surface area contributed by atoms with Crippen LogP contribution in [0.4, 0.5) is 10.1 Å². The van der Waals surface area contributed by atoms with Crippen molar-refractivity contribution in [1.82, 2.24) is 10.2 Å². The predicted molar refractivity (Wildman–Crippen MR) is 109 cm³/mol. The summed E-state index contributed by atoms with van der Waals surface area (Å²) in [5, 5.41) is 15.4. The van der Waals surface area contributed by atoms with E-state index in [0.717, 1.165) is 5.56 Å². The number of nitrogens with one attached hydrogen (secondary N) is 2. The first-order chi connectivity index (χ1) is 13.9. The van der Waals surface area contributed by atoms with Gasteiger partial charge in [-0.05, 0) is 62.7 Å². The van der Waals surface area contributed by atoms with Gasteiger partial charge in [-0.25, -0.2) is 4.39 Å². The molecule has 1 heterocycles. The number of benzene rings is 2. The van der Waals surface area contributed by atoms with Crippen molar-refractivity contribution < 1.29 is 19.1 Å². The molecule has 154 valence electrons. The Morgan fingerprint density at radius 2 is 1.79 bits per heavy atom. The van der Waals surface area contributed by atoms with Crippen LogP contribution in [0.3, 0.4) is 0 Å². The third-order valence-corrected chi connectivity index (χ3v) is 5.37. The van der Waals surface area contributed by atoms with Crippen LogP contribution in [0.5, 0.6) is 5.75 Å². The highest BCUT2D eigenvalue weighted by atomic mass is 19.1. The molecule has 7 heteroatoms. The molecule has 0 bridgehead atoms. The van der Waals surface area contributed by atoms with Gasteiger partial charge in [0.2, 0.25) is 11.8 Å². The Morgan fingerprint density at radius 1 is 1.14 bits per heavy atom. The lowest BCUT2D eigenvalue weighted by molar-refractivity contribution is -0.127. The molecule has 0 saturated carbocycles. The average molecular weight is 399 g/mol. The van der Waals surface area contributed by atoms with Crippen molar-refractivity contribution in [1.29, 1.82) is 0 Å². The van der Waals surface area contributed by atoms with E-state index >= 15 is 0 Å². The van der Waals surface area contributed by atoms with Crippen molar-refractivity contribution in [2.24, 2.45) is 5.92 Å². The minimum atomic E-state index is -0.308. The van der Waals surface area contributed by atoms with Gasteiger partial charge in [0.25, 0.3) is 0 Å². The van der Waals surface area contributed by atoms with Crippen LogP contribution in [0.25, 0.3) is 0 Å². The molecule has 1 aliphatic rings. The van der Waals surface area contributed by atoms with E-state index in [1.807, 2.05) is 6.92 Å². The minimum absolute atomic E-state index is 0.0460. The molecule has 2 aromatic rings. The van der Waals surface area contributed by atoms with Crippen LogP contribution in [0.1, 0.15) is 25.3 Å². The lowest BCUT2D eigenvalue weighted by Gasteiger charge is -2.34. The first-order valence-corrected chi connectivity index (χ1v) is 9.79. The number of hydrogen-bond acceptors (Lipinski definition) is 4. The summed E-state index contributed by atoms with van der Waals surface area (Å²) in [6.45, 7) is 3.49. The van der Waals surface area contributed by atoms with Gasteiger partial charge in [-0.3, -0.25) is 14.5 Å². The van der Waals surface area contributed by atoms with E-state index in [0.29, 0.717) is 38.2 Å². The molecule has 0 aliphatic carbocycles. The summed E-state index contributed by atoms with van der Waals surface area (Å²) in [6, 6.07) is 12.4. The molecular formula is C22H26FN3O3. The summed E-state index contributed by atoms with van der Waals surface area (Å²) in [4.78, 5) is 27.0.